The second kappa shape index (κ2) is 7.25. The topological polar surface area (TPSA) is 63.4 Å². The maximum atomic E-state index is 12.9. The number of rotatable bonds is 3. The predicted molar refractivity (Wildman–Crippen MR) is 99.2 cm³/mol. The number of hydrogen-bond donors (Lipinski definition) is 1. The fraction of sp³-hybridized carbons (Fsp3) is 0.467. The van der Waals surface area contributed by atoms with Crippen LogP contribution in [0.3, 0.4) is 0 Å². The number of hydrogen-bond acceptors (Lipinski definition) is 4. The highest BCUT2D eigenvalue weighted by Crippen LogP contribution is 2.34. The summed E-state index contributed by atoms with van der Waals surface area (Å²) < 4.78 is 28.6. The molecule has 1 aromatic carbocycles. The lowest BCUT2D eigenvalue weighted by molar-refractivity contribution is 0.243. The van der Waals surface area contributed by atoms with Crippen LogP contribution in [0.4, 0.5) is 0 Å². The van der Waals surface area contributed by atoms with Gasteiger partial charge in [0.25, 0.3) is 10.0 Å². The SMILES string of the molecule is CC(N)C1CCCN(S(=O)(=O)c2cc3cc(Cl)ccc3s2)C1.Cl. The largest absolute Gasteiger partial charge is 0.328 e. The molecule has 0 amide bonds. The van der Waals surface area contributed by atoms with Crippen molar-refractivity contribution >= 4 is 55.5 Å². The average Bonchev–Trinajstić information content (AvgIpc) is 2.91. The first kappa shape index (κ1) is 19.0. The lowest BCUT2D eigenvalue weighted by Gasteiger charge is -2.33. The fourth-order valence-electron chi connectivity index (χ4n) is 2.87. The number of sulfonamides is 1. The van der Waals surface area contributed by atoms with Crippen LogP contribution in [0.1, 0.15) is 19.8 Å². The molecule has 2 unspecified atom stereocenters. The number of thiophene rings is 1. The second-order valence-corrected chi connectivity index (χ2v) is 9.56. The van der Waals surface area contributed by atoms with Crippen LogP contribution in [-0.4, -0.2) is 31.9 Å². The highest BCUT2D eigenvalue weighted by Gasteiger charge is 2.32. The first-order chi connectivity index (χ1) is 10.4. The van der Waals surface area contributed by atoms with Crippen molar-refractivity contribution in [1.29, 1.82) is 0 Å². The van der Waals surface area contributed by atoms with E-state index in [2.05, 4.69) is 0 Å². The molecule has 8 heteroatoms. The quantitative estimate of drug-likeness (QED) is 0.862. The van der Waals surface area contributed by atoms with Gasteiger partial charge in [-0.2, -0.15) is 4.31 Å². The van der Waals surface area contributed by atoms with E-state index in [1.165, 1.54) is 11.3 Å². The van der Waals surface area contributed by atoms with Gasteiger partial charge in [0.05, 0.1) is 0 Å². The summed E-state index contributed by atoms with van der Waals surface area (Å²) in [5, 5.41) is 1.49. The average molecular weight is 395 g/mol. The monoisotopic (exact) mass is 394 g/mol. The first-order valence-electron chi connectivity index (χ1n) is 7.33. The minimum Gasteiger partial charge on any atom is -0.328 e. The number of nitrogens with two attached hydrogens (primary N) is 1. The molecule has 1 aliphatic heterocycles. The van der Waals surface area contributed by atoms with Gasteiger partial charge < -0.3 is 5.73 Å². The fourth-order valence-corrected chi connectivity index (χ4v) is 6.11. The molecule has 2 atom stereocenters. The minimum atomic E-state index is -3.45. The van der Waals surface area contributed by atoms with Crippen molar-refractivity contribution in [2.75, 3.05) is 13.1 Å². The van der Waals surface area contributed by atoms with Gasteiger partial charge >= 0.3 is 0 Å². The Kier molecular flexibility index (Phi) is 5.98. The molecule has 0 bridgehead atoms. The molecule has 0 saturated carbocycles. The van der Waals surface area contributed by atoms with Crippen molar-refractivity contribution in [3.8, 4) is 0 Å². The normalized spacial score (nSPS) is 21.1. The number of fused-ring (bicyclic) bond motifs is 1. The summed E-state index contributed by atoms with van der Waals surface area (Å²) in [5.74, 6) is 0.229. The smallest absolute Gasteiger partial charge is 0.252 e. The van der Waals surface area contributed by atoms with E-state index >= 15 is 0 Å². The van der Waals surface area contributed by atoms with E-state index < -0.39 is 10.0 Å². The van der Waals surface area contributed by atoms with Crippen molar-refractivity contribution in [3.63, 3.8) is 0 Å². The maximum absolute atomic E-state index is 12.9. The highest BCUT2D eigenvalue weighted by molar-refractivity contribution is 7.91. The summed E-state index contributed by atoms with van der Waals surface area (Å²) in [6.07, 6.45) is 1.86. The van der Waals surface area contributed by atoms with Gasteiger partial charge in [0, 0.05) is 28.9 Å². The Morgan fingerprint density at radius 2 is 2.13 bits per heavy atom. The lowest BCUT2D eigenvalue weighted by atomic mass is 9.93. The second-order valence-electron chi connectivity index (χ2n) is 5.87. The van der Waals surface area contributed by atoms with Crippen molar-refractivity contribution in [3.05, 3.63) is 29.3 Å². The zero-order valence-electron chi connectivity index (χ0n) is 12.7. The number of nitrogens with zero attached hydrogens (tertiary/aromatic N) is 1. The van der Waals surface area contributed by atoms with Gasteiger partial charge in [-0.05, 0) is 55.3 Å². The van der Waals surface area contributed by atoms with E-state index in [1.54, 1.807) is 22.5 Å². The van der Waals surface area contributed by atoms with Crippen LogP contribution in [0.25, 0.3) is 10.1 Å². The Balaban J connectivity index is 0.00000192. The Hall–Kier alpha value is -0.370. The number of halogens is 2. The molecule has 0 aliphatic carbocycles. The summed E-state index contributed by atoms with van der Waals surface area (Å²) in [7, 11) is -3.45. The van der Waals surface area contributed by atoms with Gasteiger partial charge in [-0.1, -0.05) is 11.6 Å². The van der Waals surface area contributed by atoms with E-state index in [0.29, 0.717) is 22.3 Å². The van der Waals surface area contributed by atoms with Gasteiger partial charge in [-0.25, -0.2) is 8.42 Å². The summed E-state index contributed by atoms with van der Waals surface area (Å²) in [4.78, 5) is 0. The van der Waals surface area contributed by atoms with Gasteiger partial charge in [0.1, 0.15) is 4.21 Å². The molecule has 1 aromatic heterocycles. The molecule has 2 aromatic rings. The zero-order chi connectivity index (χ0) is 15.9. The van der Waals surface area contributed by atoms with Crippen LogP contribution < -0.4 is 5.73 Å². The van der Waals surface area contributed by atoms with Crippen LogP contribution >= 0.6 is 35.3 Å². The maximum Gasteiger partial charge on any atom is 0.252 e. The molecule has 3 rings (SSSR count). The molecule has 1 aliphatic rings. The van der Waals surface area contributed by atoms with Crippen LogP contribution in [-0.2, 0) is 10.0 Å². The molecule has 23 heavy (non-hydrogen) atoms. The number of benzene rings is 1. The van der Waals surface area contributed by atoms with Crippen LogP contribution in [0.5, 0.6) is 0 Å². The van der Waals surface area contributed by atoms with E-state index in [4.69, 9.17) is 17.3 Å². The first-order valence-corrected chi connectivity index (χ1v) is 9.96. The molecular formula is C15H20Cl2N2O2S2. The summed E-state index contributed by atoms with van der Waals surface area (Å²) >= 11 is 7.27. The van der Waals surface area contributed by atoms with Crippen molar-refractivity contribution < 1.29 is 8.42 Å². The standard InChI is InChI=1S/C15H19ClN2O2S2.ClH/c1-10(17)11-3-2-6-18(9-11)22(19,20)15-8-12-7-13(16)4-5-14(12)21-15;/h4-5,7-8,10-11H,2-3,6,9,17H2,1H3;1H. The van der Waals surface area contributed by atoms with E-state index in [9.17, 15) is 8.42 Å². The van der Waals surface area contributed by atoms with Crippen molar-refractivity contribution in [2.45, 2.75) is 30.0 Å². The van der Waals surface area contributed by atoms with Gasteiger partial charge in [-0.15, -0.1) is 23.7 Å². The molecule has 1 fully saturated rings. The Morgan fingerprint density at radius 3 is 2.83 bits per heavy atom. The Bertz CT molecular complexity index is 790. The molecule has 128 valence electrons. The summed E-state index contributed by atoms with van der Waals surface area (Å²) in [6, 6.07) is 7.18. The van der Waals surface area contributed by atoms with Crippen molar-refractivity contribution in [2.24, 2.45) is 11.7 Å². The zero-order valence-corrected chi connectivity index (χ0v) is 15.9. The van der Waals surface area contributed by atoms with E-state index in [-0.39, 0.29) is 24.4 Å². The van der Waals surface area contributed by atoms with Crippen molar-refractivity contribution in [1.82, 2.24) is 4.31 Å². The minimum absolute atomic E-state index is 0. The third-order valence-electron chi connectivity index (χ3n) is 4.21. The van der Waals surface area contributed by atoms with Gasteiger partial charge in [0.15, 0.2) is 0 Å². The third kappa shape index (κ3) is 3.83. The lowest BCUT2D eigenvalue weighted by Crippen LogP contribution is -2.44. The van der Waals surface area contributed by atoms with Gasteiger partial charge in [-0.3, -0.25) is 0 Å². The third-order valence-corrected chi connectivity index (χ3v) is 7.88. The Labute approximate surface area is 152 Å². The Morgan fingerprint density at radius 1 is 1.39 bits per heavy atom. The van der Waals surface area contributed by atoms with E-state index in [0.717, 1.165) is 22.9 Å². The molecular weight excluding hydrogens is 375 g/mol. The van der Waals surface area contributed by atoms with E-state index in [1.807, 2.05) is 13.0 Å². The predicted octanol–water partition coefficient (Wildman–Crippen LogP) is 3.72. The molecule has 2 heterocycles. The van der Waals surface area contributed by atoms with Crippen LogP contribution in [0.15, 0.2) is 28.5 Å². The summed E-state index contributed by atoms with van der Waals surface area (Å²) in [5.41, 5.74) is 5.96. The van der Waals surface area contributed by atoms with Crippen LogP contribution in [0.2, 0.25) is 5.02 Å². The molecule has 2 N–H and O–H groups in total. The van der Waals surface area contributed by atoms with Gasteiger partial charge in [0.2, 0.25) is 0 Å². The highest BCUT2D eigenvalue weighted by atomic mass is 35.5. The number of piperidine rings is 1. The molecule has 1 saturated heterocycles. The van der Waals surface area contributed by atoms with Crippen LogP contribution in [0, 0.1) is 5.92 Å². The summed E-state index contributed by atoms with van der Waals surface area (Å²) in [6.45, 7) is 3.03. The molecule has 4 nitrogen and oxygen atoms in total. The molecule has 0 spiro atoms. The molecule has 0 radical (unpaired) electrons.